The molecule has 44 heavy (non-hydrogen) atoms. The summed E-state index contributed by atoms with van der Waals surface area (Å²) in [6.45, 7) is 0. The molecule has 2 heterocycles. The third-order valence-electron chi connectivity index (χ3n) is 11.4. The molecule has 1 aromatic rings. The highest BCUT2D eigenvalue weighted by Gasteiger charge is 2.32. The van der Waals surface area contributed by atoms with Gasteiger partial charge in [0.25, 0.3) is 0 Å². The van der Waals surface area contributed by atoms with E-state index in [-0.39, 0.29) is 11.5 Å². The Kier molecular flexibility index (Phi) is 9.95. The largest absolute Gasteiger partial charge is 0.871 e. The van der Waals surface area contributed by atoms with Crippen molar-refractivity contribution >= 4 is 35.0 Å². The van der Waals surface area contributed by atoms with Crippen molar-refractivity contribution in [3.05, 3.63) is 78.0 Å². The Morgan fingerprint density at radius 2 is 1.23 bits per heavy atom. The van der Waals surface area contributed by atoms with Crippen molar-refractivity contribution in [2.45, 2.75) is 140 Å². The summed E-state index contributed by atoms with van der Waals surface area (Å²) in [6, 6.07) is 4.81. The van der Waals surface area contributed by atoms with E-state index >= 15 is 0 Å². The maximum absolute atomic E-state index is 13.6. The van der Waals surface area contributed by atoms with Gasteiger partial charge in [-0.2, -0.15) is 0 Å². The molecule has 0 unspecified atom stereocenters. The van der Waals surface area contributed by atoms with Crippen molar-refractivity contribution in [2.75, 3.05) is 0 Å². The Morgan fingerprint density at radius 1 is 0.659 bits per heavy atom. The minimum Gasteiger partial charge on any atom is -0.871 e. The zero-order chi connectivity index (χ0) is 29.9. The van der Waals surface area contributed by atoms with E-state index in [1.165, 1.54) is 149 Å². The van der Waals surface area contributed by atoms with Gasteiger partial charge >= 0.3 is 0 Å². The fourth-order valence-corrected chi connectivity index (χ4v) is 11.3. The van der Waals surface area contributed by atoms with Gasteiger partial charge in [0.1, 0.15) is 0 Å². The topological polar surface area (TPSA) is 40.1 Å². The van der Waals surface area contributed by atoms with Gasteiger partial charge in [-0.15, -0.1) is 0 Å². The number of allylic oxidation sites excluding steroid dienone is 7. The molecule has 0 radical (unpaired) electrons. The van der Waals surface area contributed by atoms with Crippen LogP contribution in [0, 0.1) is 11.8 Å². The number of hydrogen-bond donors (Lipinski definition) is 0. The molecule has 0 amide bonds. The molecule has 2 nitrogen and oxygen atoms in total. The first-order valence-corrected chi connectivity index (χ1v) is 19.7. The van der Waals surface area contributed by atoms with Crippen molar-refractivity contribution in [1.82, 2.24) is 0 Å². The summed E-state index contributed by atoms with van der Waals surface area (Å²) >= 11 is 3.66. The fourth-order valence-electron chi connectivity index (χ4n) is 8.77. The lowest BCUT2D eigenvalue weighted by Gasteiger charge is -2.32. The molecule has 1 aliphatic heterocycles. The average Bonchev–Trinajstić information content (AvgIpc) is 3.10. The SMILES string of the molecule is O=C1C(=Cc2cc(C3CCCCC3)cc(C3CCCCC3)[s+]2)C([O-])=C1C=C1C=C(C2CCCCC2)C=C(C2CCCCC2)S1. The van der Waals surface area contributed by atoms with Gasteiger partial charge in [-0.05, 0) is 103 Å². The van der Waals surface area contributed by atoms with E-state index in [9.17, 15) is 9.90 Å². The first-order valence-electron chi connectivity index (χ1n) is 18.1. The molecule has 4 fully saturated rings. The molecule has 234 valence electrons. The molecular formula is C40H50O2S2. The number of rotatable bonds is 6. The standard InChI is InChI=1S/C40H50O2S2/c41-39-35(25-33-21-31(27-13-5-1-6-14-27)23-37(43-33)29-17-9-3-10-18-29)40(42)36(39)26-34-22-32(28-15-7-2-8-16-28)24-38(44-34)30-19-11-4-12-20-30/h21-30H,1-20H2. The first kappa shape index (κ1) is 30.7. The van der Waals surface area contributed by atoms with E-state index < -0.39 is 0 Å². The van der Waals surface area contributed by atoms with Gasteiger partial charge in [0.05, 0.1) is 0 Å². The van der Waals surface area contributed by atoms with Crippen LogP contribution >= 0.6 is 23.1 Å². The molecule has 6 aliphatic rings. The van der Waals surface area contributed by atoms with E-state index in [1.54, 1.807) is 0 Å². The van der Waals surface area contributed by atoms with Crippen LogP contribution in [0.2, 0.25) is 0 Å². The number of Topliss-reactive ketones (excluding diaryl/α,β-unsaturated/α-hetero) is 1. The third kappa shape index (κ3) is 6.92. The van der Waals surface area contributed by atoms with Crippen LogP contribution < -0.4 is 5.11 Å². The summed E-state index contributed by atoms with van der Waals surface area (Å²) in [5.41, 5.74) is 3.68. The van der Waals surface area contributed by atoms with Crippen molar-refractivity contribution in [1.29, 1.82) is 0 Å². The predicted molar refractivity (Wildman–Crippen MR) is 185 cm³/mol. The molecule has 0 spiro atoms. The van der Waals surface area contributed by atoms with E-state index in [1.807, 2.05) is 35.3 Å². The smallest absolute Gasteiger partial charge is 0.232 e. The van der Waals surface area contributed by atoms with Crippen LogP contribution in [0.15, 0.2) is 62.6 Å². The Bertz CT molecular complexity index is 1350. The fraction of sp³-hybridized carbons (Fsp3) is 0.600. The Hall–Kier alpha value is -1.91. The van der Waals surface area contributed by atoms with Gasteiger partial charge in [-0.1, -0.05) is 94.6 Å². The van der Waals surface area contributed by atoms with Gasteiger partial charge in [0.15, 0.2) is 5.78 Å². The van der Waals surface area contributed by atoms with Crippen molar-refractivity contribution in [3.8, 4) is 0 Å². The molecule has 0 saturated heterocycles. The number of carbonyl (C=O) groups is 1. The third-order valence-corrected chi connectivity index (χ3v) is 13.7. The van der Waals surface area contributed by atoms with Crippen LogP contribution in [-0.4, -0.2) is 5.78 Å². The number of hydrogen-bond acceptors (Lipinski definition) is 3. The number of ketones is 1. The Labute approximate surface area is 273 Å². The second kappa shape index (κ2) is 14.2. The number of thioether (sulfide) groups is 1. The summed E-state index contributed by atoms with van der Waals surface area (Å²) in [5.74, 6) is 2.40. The van der Waals surface area contributed by atoms with Crippen LogP contribution in [0.4, 0.5) is 0 Å². The summed E-state index contributed by atoms with van der Waals surface area (Å²) in [5, 5.41) is 13.6. The van der Waals surface area contributed by atoms with Crippen LogP contribution in [-0.2, 0) is 4.79 Å². The van der Waals surface area contributed by atoms with Gasteiger partial charge in [-0.25, -0.2) is 0 Å². The Balaban J connectivity index is 1.17. The van der Waals surface area contributed by atoms with Crippen molar-refractivity contribution < 1.29 is 9.90 Å². The lowest BCUT2D eigenvalue weighted by molar-refractivity contribution is -0.300. The molecule has 4 heteroatoms. The van der Waals surface area contributed by atoms with E-state index in [0.717, 1.165) is 9.78 Å². The monoisotopic (exact) mass is 626 g/mol. The molecule has 0 N–H and O–H groups in total. The molecular weight excluding hydrogens is 577 g/mol. The van der Waals surface area contributed by atoms with Crippen molar-refractivity contribution in [2.24, 2.45) is 11.8 Å². The summed E-state index contributed by atoms with van der Waals surface area (Å²) in [6.07, 6.45) is 34.8. The van der Waals surface area contributed by atoms with E-state index in [2.05, 4.69) is 24.3 Å². The predicted octanol–water partition coefficient (Wildman–Crippen LogP) is 11.3. The lowest BCUT2D eigenvalue weighted by atomic mass is 9.81. The highest BCUT2D eigenvalue weighted by atomic mass is 32.2. The highest BCUT2D eigenvalue weighted by molar-refractivity contribution is 8.07. The average molecular weight is 627 g/mol. The van der Waals surface area contributed by atoms with Gasteiger partial charge in [0, 0.05) is 40.2 Å². The summed E-state index contributed by atoms with van der Waals surface area (Å²) in [4.78, 5) is 18.7. The van der Waals surface area contributed by atoms with Gasteiger partial charge < -0.3 is 5.11 Å². The maximum atomic E-state index is 13.6. The molecule has 0 atom stereocenters. The minimum atomic E-state index is -0.0565. The molecule has 0 bridgehead atoms. The lowest BCUT2D eigenvalue weighted by Crippen LogP contribution is -2.29. The quantitative estimate of drug-likeness (QED) is 0.233. The molecule has 4 saturated carbocycles. The van der Waals surface area contributed by atoms with Crippen LogP contribution in [0.5, 0.6) is 0 Å². The van der Waals surface area contributed by atoms with Crippen LogP contribution in [0.1, 0.15) is 156 Å². The highest BCUT2D eigenvalue weighted by Crippen LogP contribution is 2.47. The normalized spacial score (nSPS) is 27.0. The number of carbonyl (C=O) groups excluding carboxylic acids is 1. The van der Waals surface area contributed by atoms with Crippen LogP contribution in [0.25, 0.3) is 6.08 Å². The second-order valence-corrected chi connectivity index (χ2v) is 16.8. The Morgan fingerprint density at radius 3 is 1.84 bits per heavy atom. The summed E-state index contributed by atoms with van der Waals surface area (Å²) in [7, 11) is 0. The van der Waals surface area contributed by atoms with Crippen LogP contribution in [0.3, 0.4) is 0 Å². The van der Waals surface area contributed by atoms with E-state index in [0.29, 0.717) is 34.8 Å². The molecule has 7 rings (SSSR count). The zero-order valence-corrected chi connectivity index (χ0v) is 28.2. The molecule has 5 aliphatic carbocycles. The molecule has 0 aromatic carbocycles. The minimum absolute atomic E-state index is 0.0565. The molecule has 1 aromatic heterocycles. The van der Waals surface area contributed by atoms with Gasteiger partial charge in [0.2, 0.25) is 21.1 Å². The zero-order valence-electron chi connectivity index (χ0n) is 26.5. The maximum Gasteiger partial charge on any atom is 0.232 e. The summed E-state index contributed by atoms with van der Waals surface area (Å²) < 4.78 is 0. The first-order chi connectivity index (χ1) is 21.6. The van der Waals surface area contributed by atoms with Gasteiger partial charge in [-0.3, -0.25) is 4.79 Å². The van der Waals surface area contributed by atoms with E-state index in [4.69, 9.17) is 0 Å². The second-order valence-electron chi connectivity index (χ2n) is 14.5. The van der Waals surface area contributed by atoms with Crippen molar-refractivity contribution in [3.63, 3.8) is 0 Å².